The van der Waals surface area contributed by atoms with Crippen molar-refractivity contribution >= 4 is 40.6 Å². The quantitative estimate of drug-likeness (QED) is 0.487. The molecule has 1 aliphatic rings. The molecule has 2 aromatic carbocycles. The standard InChI is InChI=1S/C22H19ClN6O4/c23-15-3-5-19-17(13-15)26-22(33-19)28-9-1-8-27(10-11-28)20(30)16-12-14(21(31)32)2-4-18(16)29-24-6-7-25-29/h2-7,12-13H,1,8-11H2,(H,31,32). The number of carbonyl (C=O) groups excluding carboxylic acids is 1. The molecule has 33 heavy (non-hydrogen) atoms. The van der Waals surface area contributed by atoms with Gasteiger partial charge in [0.2, 0.25) is 0 Å². The molecular formula is C22H19ClN6O4. The van der Waals surface area contributed by atoms with E-state index in [-0.39, 0.29) is 17.0 Å². The topological polar surface area (TPSA) is 118 Å². The van der Waals surface area contributed by atoms with Crippen LogP contribution in [0.2, 0.25) is 5.02 Å². The average Bonchev–Trinajstić information content (AvgIpc) is 3.42. The summed E-state index contributed by atoms with van der Waals surface area (Å²) in [4.78, 5) is 34.5. The molecule has 10 nitrogen and oxygen atoms in total. The number of nitrogens with zero attached hydrogens (tertiary/aromatic N) is 6. The maximum absolute atomic E-state index is 13.5. The van der Waals surface area contributed by atoms with Gasteiger partial charge in [-0.05, 0) is 42.8 Å². The predicted molar refractivity (Wildman–Crippen MR) is 120 cm³/mol. The molecule has 5 rings (SSSR count). The van der Waals surface area contributed by atoms with Gasteiger partial charge in [0.15, 0.2) is 5.58 Å². The number of benzene rings is 2. The minimum absolute atomic E-state index is 0.0239. The number of hydrogen-bond acceptors (Lipinski definition) is 7. The van der Waals surface area contributed by atoms with Crippen LogP contribution in [0, 0.1) is 0 Å². The monoisotopic (exact) mass is 466 g/mol. The van der Waals surface area contributed by atoms with Gasteiger partial charge < -0.3 is 19.3 Å². The van der Waals surface area contributed by atoms with E-state index in [2.05, 4.69) is 15.2 Å². The van der Waals surface area contributed by atoms with E-state index >= 15 is 0 Å². The van der Waals surface area contributed by atoms with Gasteiger partial charge in [-0.25, -0.2) is 4.79 Å². The molecule has 1 saturated heterocycles. The molecule has 0 spiro atoms. The molecule has 0 unspecified atom stereocenters. The molecule has 1 amide bonds. The van der Waals surface area contributed by atoms with Crippen molar-refractivity contribution < 1.29 is 19.1 Å². The van der Waals surface area contributed by atoms with Crippen molar-refractivity contribution in [2.24, 2.45) is 0 Å². The van der Waals surface area contributed by atoms with Crippen molar-refractivity contribution in [3.05, 3.63) is 64.9 Å². The third-order valence-electron chi connectivity index (χ3n) is 5.50. The Morgan fingerprint density at radius 3 is 2.61 bits per heavy atom. The minimum atomic E-state index is -1.11. The summed E-state index contributed by atoms with van der Waals surface area (Å²) in [7, 11) is 0. The van der Waals surface area contributed by atoms with Crippen LogP contribution in [0.4, 0.5) is 6.01 Å². The van der Waals surface area contributed by atoms with Crippen LogP contribution in [0.25, 0.3) is 16.8 Å². The first-order valence-electron chi connectivity index (χ1n) is 10.3. The summed E-state index contributed by atoms with van der Waals surface area (Å²) >= 11 is 6.05. The Morgan fingerprint density at radius 2 is 1.82 bits per heavy atom. The first-order chi connectivity index (χ1) is 16.0. The van der Waals surface area contributed by atoms with Crippen LogP contribution in [-0.4, -0.2) is 68.0 Å². The Balaban J connectivity index is 1.39. The van der Waals surface area contributed by atoms with E-state index in [4.69, 9.17) is 16.0 Å². The van der Waals surface area contributed by atoms with Crippen LogP contribution in [0.3, 0.4) is 0 Å². The van der Waals surface area contributed by atoms with Crippen LogP contribution >= 0.6 is 11.6 Å². The number of halogens is 1. The van der Waals surface area contributed by atoms with E-state index in [1.807, 2.05) is 4.90 Å². The highest BCUT2D eigenvalue weighted by Crippen LogP contribution is 2.26. The summed E-state index contributed by atoms with van der Waals surface area (Å²) in [6.45, 7) is 2.10. The van der Waals surface area contributed by atoms with Gasteiger partial charge >= 0.3 is 5.97 Å². The second kappa shape index (κ2) is 8.55. The van der Waals surface area contributed by atoms with Crippen molar-refractivity contribution in [2.75, 3.05) is 31.1 Å². The lowest BCUT2D eigenvalue weighted by atomic mass is 10.1. The van der Waals surface area contributed by atoms with Gasteiger partial charge in [-0.3, -0.25) is 4.79 Å². The molecule has 4 aromatic rings. The van der Waals surface area contributed by atoms with Crippen molar-refractivity contribution in [2.45, 2.75) is 6.42 Å². The summed E-state index contributed by atoms with van der Waals surface area (Å²) in [5, 5.41) is 18.2. The number of carboxylic acid groups (broad SMARTS) is 1. The number of oxazole rings is 1. The summed E-state index contributed by atoms with van der Waals surface area (Å²) in [6, 6.07) is 10.1. The summed E-state index contributed by atoms with van der Waals surface area (Å²) in [5.41, 5.74) is 2.00. The molecule has 1 fully saturated rings. The number of aromatic carboxylic acids is 1. The van der Waals surface area contributed by atoms with Crippen LogP contribution in [0.5, 0.6) is 0 Å². The molecule has 2 aromatic heterocycles. The smallest absolute Gasteiger partial charge is 0.335 e. The van der Waals surface area contributed by atoms with Crippen molar-refractivity contribution in [1.82, 2.24) is 24.9 Å². The molecule has 1 N–H and O–H groups in total. The van der Waals surface area contributed by atoms with E-state index in [0.717, 1.165) is 0 Å². The Labute approximate surface area is 193 Å². The van der Waals surface area contributed by atoms with Gasteiger partial charge in [0.05, 0.1) is 29.2 Å². The zero-order chi connectivity index (χ0) is 22.9. The minimum Gasteiger partial charge on any atom is -0.478 e. The second-order valence-corrected chi connectivity index (χ2v) is 8.03. The van der Waals surface area contributed by atoms with Crippen LogP contribution in [0.15, 0.2) is 53.2 Å². The number of aromatic nitrogens is 4. The number of carboxylic acids is 1. The number of rotatable bonds is 4. The first kappa shape index (κ1) is 21.0. The molecule has 168 valence electrons. The highest BCUT2D eigenvalue weighted by atomic mass is 35.5. The van der Waals surface area contributed by atoms with Crippen molar-refractivity contribution in [1.29, 1.82) is 0 Å². The van der Waals surface area contributed by atoms with E-state index in [1.165, 1.54) is 29.3 Å². The molecule has 0 bridgehead atoms. The Hall–Kier alpha value is -3.92. The highest BCUT2D eigenvalue weighted by Gasteiger charge is 2.26. The van der Waals surface area contributed by atoms with Crippen LogP contribution in [-0.2, 0) is 0 Å². The van der Waals surface area contributed by atoms with Gasteiger partial charge in [0.1, 0.15) is 5.52 Å². The van der Waals surface area contributed by atoms with Crippen molar-refractivity contribution in [3.63, 3.8) is 0 Å². The lowest BCUT2D eigenvalue weighted by Crippen LogP contribution is -2.36. The summed E-state index contributed by atoms with van der Waals surface area (Å²) in [6.07, 6.45) is 3.69. The number of hydrogen-bond donors (Lipinski definition) is 1. The fourth-order valence-corrected chi connectivity index (χ4v) is 4.03. The number of fused-ring (bicyclic) bond motifs is 1. The summed E-state index contributed by atoms with van der Waals surface area (Å²) < 4.78 is 5.88. The molecule has 0 radical (unpaired) electrons. The fraction of sp³-hybridized carbons (Fsp3) is 0.227. The van der Waals surface area contributed by atoms with E-state index in [9.17, 15) is 14.7 Å². The maximum atomic E-state index is 13.5. The zero-order valence-electron chi connectivity index (χ0n) is 17.4. The SMILES string of the molecule is O=C(O)c1ccc(-n2nccn2)c(C(=O)N2CCCN(c3nc4cc(Cl)ccc4o3)CC2)c1. The lowest BCUT2D eigenvalue weighted by molar-refractivity contribution is 0.0697. The van der Waals surface area contributed by atoms with Gasteiger partial charge in [-0.2, -0.15) is 20.0 Å². The third kappa shape index (κ3) is 4.12. The highest BCUT2D eigenvalue weighted by molar-refractivity contribution is 6.31. The largest absolute Gasteiger partial charge is 0.478 e. The Kier molecular flexibility index (Phi) is 5.43. The molecule has 0 atom stereocenters. The number of amides is 1. The van der Waals surface area contributed by atoms with E-state index in [1.54, 1.807) is 29.2 Å². The Bertz CT molecular complexity index is 1340. The van der Waals surface area contributed by atoms with Gasteiger partial charge in [0, 0.05) is 31.2 Å². The zero-order valence-corrected chi connectivity index (χ0v) is 18.1. The lowest BCUT2D eigenvalue weighted by Gasteiger charge is -2.22. The first-order valence-corrected chi connectivity index (χ1v) is 10.7. The number of anilines is 1. The molecule has 0 aliphatic carbocycles. The normalized spacial score (nSPS) is 14.5. The second-order valence-electron chi connectivity index (χ2n) is 7.60. The van der Waals surface area contributed by atoms with Crippen molar-refractivity contribution in [3.8, 4) is 5.69 Å². The number of carbonyl (C=O) groups is 2. The molecule has 3 heterocycles. The Morgan fingerprint density at radius 1 is 1.00 bits per heavy atom. The van der Waals surface area contributed by atoms with E-state index < -0.39 is 5.97 Å². The van der Waals surface area contributed by atoms with E-state index in [0.29, 0.717) is 60.4 Å². The molecular weight excluding hydrogens is 448 g/mol. The van der Waals surface area contributed by atoms with Gasteiger partial charge in [-0.1, -0.05) is 11.6 Å². The average molecular weight is 467 g/mol. The van der Waals surface area contributed by atoms with Crippen LogP contribution < -0.4 is 4.90 Å². The maximum Gasteiger partial charge on any atom is 0.335 e. The predicted octanol–water partition coefficient (Wildman–Crippen LogP) is 3.11. The molecule has 0 saturated carbocycles. The third-order valence-corrected chi connectivity index (χ3v) is 5.74. The fourth-order valence-electron chi connectivity index (χ4n) is 3.86. The van der Waals surface area contributed by atoms with Crippen LogP contribution in [0.1, 0.15) is 27.1 Å². The van der Waals surface area contributed by atoms with Gasteiger partial charge in [-0.15, -0.1) is 0 Å². The molecule has 11 heteroatoms. The molecule has 1 aliphatic heterocycles. The summed E-state index contributed by atoms with van der Waals surface area (Å²) in [5.74, 6) is -1.39. The van der Waals surface area contributed by atoms with Gasteiger partial charge in [0.25, 0.3) is 11.9 Å².